The predicted molar refractivity (Wildman–Crippen MR) is 73.7 cm³/mol. The summed E-state index contributed by atoms with van der Waals surface area (Å²) in [5.74, 6) is -0.0840. The quantitative estimate of drug-likeness (QED) is 0.751. The number of rotatable bonds is 3. The van der Waals surface area contributed by atoms with E-state index in [-0.39, 0.29) is 5.91 Å². The highest BCUT2D eigenvalue weighted by Gasteiger charge is 2.07. The molecule has 19 heavy (non-hydrogen) atoms. The molecule has 3 aromatic rings. The Hall–Kier alpha value is -2.62. The lowest BCUT2D eigenvalue weighted by Gasteiger charge is -2.03. The number of amides is 1. The maximum atomic E-state index is 11.9. The van der Waals surface area contributed by atoms with Crippen LogP contribution in [0.15, 0.2) is 54.6 Å². The van der Waals surface area contributed by atoms with Gasteiger partial charge >= 0.3 is 0 Å². The molecule has 1 aromatic heterocycles. The zero-order valence-electron chi connectivity index (χ0n) is 10.3. The van der Waals surface area contributed by atoms with E-state index in [1.54, 1.807) is 12.1 Å². The number of hydrogen-bond acceptors (Lipinski definition) is 2. The number of nitrogens with zero attached hydrogens (tertiary/aromatic N) is 1. The fourth-order valence-electron chi connectivity index (χ4n) is 2.01. The summed E-state index contributed by atoms with van der Waals surface area (Å²) in [5, 5.41) is 11.1. The molecule has 0 aliphatic heterocycles. The van der Waals surface area contributed by atoms with E-state index in [2.05, 4.69) is 15.5 Å². The van der Waals surface area contributed by atoms with Gasteiger partial charge in [0.25, 0.3) is 5.91 Å². The number of carbonyl (C=O) groups excluding carboxylic acids is 1. The third-order valence-corrected chi connectivity index (χ3v) is 3.00. The Morgan fingerprint density at radius 3 is 2.63 bits per heavy atom. The molecule has 0 unspecified atom stereocenters. The van der Waals surface area contributed by atoms with Gasteiger partial charge in [-0.15, -0.1) is 0 Å². The summed E-state index contributed by atoms with van der Waals surface area (Å²) >= 11 is 0. The van der Waals surface area contributed by atoms with Crippen molar-refractivity contribution in [2.75, 3.05) is 0 Å². The van der Waals surface area contributed by atoms with E-state index < -0.39 is 0 Å². The van der Waals surface area contributed by atoms with Gasteiger partial charge in [-0.1, -0.05) is 36.4 Å². The van der Waals surface area contributed by atoms with Crippen LogP contribution in [0.5, 0.6) is 0 Å². The first-order chi connectivity index (χ1) is 9.34. The largest absolute Gasteiger partial charge is 0.346 e. The van der Waals surface area contributed by atoms with E-state index in [4.69, 9.17) is 0 Å². The lowest BCUT2D eigenvalue weighted by molar-refractivity contribution is 0.0950. The van der Waals surface area contributed by atoms with Crippen molar-refractivity contribution in [2.45, 2.75) is 6.54 Å². The Kier molecular flexibility index (Phi) is 2.98. The van der Waals surface area contributed by atoms with Crippen molar-refractivity contribution in [1.82, 2.24) is 15.5 Å². The van der Waals surface area contributed by atoms with Crippen molar-refractivity contribution in [1.29, 1.82) is 0 Å². The summed E-state index contributed by atoms with van der Waals surface area (Å²) in [6.45, 7) is 0.439. The van der Waals surface area contributed by atoms with Crippen molar-refractivity contribution < 1.29 is 4.79 Å². The fourth-order valence-corrected chi connectivity index (χ4v) is 2.01. The van der Waals surface area contributed by atoms with Crippen LogP contribution in [0.2, 0.25) is 0 Å². The van der Waals surface area contributed by atoms with Crippen LogP contribution in [0.3, 0.4) is 0 Å². The molecule has 0 radical (unpaired) electrons. The van der Waals surface area contributed by atoms with Gasteiger partial charge in [-0.2, -0.15) is 5.10 Å². The highest BCUT2D eigenvalue weighted by molar-refractivity contribution is 5.94. The molecule has 0 spiro atoms. The van der Waals surface area contributed by atoms with Gasteiger partial charge < -0.3 is 5.32 Å². The number of benzene rings is 2. The van der Waals surface area contributed by atoms with Crippen LogP contribution in [0.4, 0.5) is 0 Å². The van der Waals surface area contributed by atoms with Crippen molar-refractivity contribution in [3.63, 3.8) is 0 Å². The molecule has 1 heterocycles. The van der Waals surface area contributed by atoms with Gasteiger partial charge in [0.1, 0.15) is 0 Å². The van der Waals surface area contributed by atoms with Crippen LogP contribution in [-0.4, -0.2) is 16.1 Å². The van der Waals surface area contributed by atoms with Gasteiger partial charge in [0.15, 0.2) is 0 Å². The Labute approximate surface area is 110 Å². The van der Waals surface area contributed by atoms with Crippen LogP contribution >= 0.6 is 0 Å². The summed E-state index contributed by atoms with van der Waals surface area (Å²) in [5.41, 5.74) is 2.48. The SMILES string of the molecule is O=C(NCc1[nH]nc2ccccc12)c1ccccc1. The first kappa shape index (κ1) is 11.5. The minimum absolute atomic E-state index is 0.0840. The number of carbonyl (C=O) groups is 1. The Morgan fingerprint density at radius 2 is 1.79 bits per heavy atom. The van der Waals surface area contributed by atoms with Gasteiger partial charge in [0.2, 0.25) is 0 Å². The van der Waals surface area contributed by atoms with Crippen molar-refractivity contribution in [3.05, 3.63) is 65.9 Å². The normalized spacial score (nSPS) is 10.5. The smallest absolute Gasteiger partial charge is 0.251 e. The Bertz CT molecular complexity index is 703. The molecular weight excluding hydrogens is 238 g/mol. The van der Waals surface area contributed by atoms with E-state index in [9.17, 15) is 4.79 Å². The minimum Gasteiger partial charge on any atom is -0.346 e. The van der Waals surface area contributed by atoms with E-state index in [0.717, 1.165) is 16.6 Å². The molecule has 0 atom stereocenters. The topological polar surface area (TPSA) is 57.8 Å². The molecule has 94 valence electrons. The van der Waals surface area contributed by atoms with E-state index in [1.807, 2.05) is 42.5 Å². The minimum atomic E-state index is -0.0840. The van der Waals surface area contributed by atoms with Gasteiger partial charge in [-0.05, 0) is 18.2 Å². The number of H-pyrrole nitrogens is 1. The summed E-state index contributed by atoms with van der Waals surface area (Å²) in [7, 11) is 0. The van der Waals surface area contributed by atoms with Crippen LogP contribution in [0.25, 0.3) is 10.9 Å². The lowest BCUT2D eigenvalue weighted by Crippen LogP contribution is -2.22. The van der Waals surface area contributed by atoms with Crippen LogP contribution < -0.4 is 5.32 Å². The number of para-hydroxylation sites is 1. The number of aromatic amines is 1. The number of hydrogen-bond donors (Lipinski definition) is 2. The van der Waals surface area contributed by atoms with Gasteiger partial charge in [-0.25, -0.2) is 0 Å². The third-order valence-electron chi connectivity index (χ3n) is 3.00. The highest BCUT2D eigenvalue weighted by Crippen LogP contribution is 2.14. The predicted octanol–water partition coefficient (Wildman–Crippen LogP) is 2.49. The molecule has 4 heteroatoms. The van der Waals surface area contributed by atoms with E-state index >= 15 is 0 Å². The average Bonchev–Trinajstić information content (AvgIpc) is 2.89. The summed E-state index contributed by atoms with van der Waals surface area (Å²) < 4.78 is 0. The average molecular weight is 251 g/mol. The van der Waals surface area contributed by atoms with Gasteiger partial charge in [0, 0.05) is 10.9 Å². The molecule has 4 nitrogen and oxygen atoms in total. The molecule has 2 N–H and O–H groups in total. The second kappa shape index (κ2) is 4.94. The zero-order valence-corrected chi connectivity index (χ0v) is 10.3. The summed E-state index contributed by atoms with van der Waals surface area (Å²) in [4.78, 5) is 11.9. The van der Waals surface area contributed by atoms with Gasteiger partial charge in [0.05, 0.1) is 17.8 Å². The fraction of sp³-hybridized carbons (Fsp3) is 0.0667. The Morgan fingerprint density at radius 1 is 1.05 bits per heavy atom. The van der Waals surface area contributed by atoms with E-state index in [0.29, 0.717) is 12.1 Å². The zero-order chi connectivity index (χ0) is 13.1. The monoisotopic (exact) mass is 251 g/mol. The molecule has 3 rings (SSSR count). The van der Waals surface area contributed by atoms with Gasteiger partial charge in [-0.3, -0.25) is 9.89 Å². The van der Waals surface area contributed by atoms with Crippen LogP contribution in [0.1, 0.15) is 16.1 Å². The standard InChI is InChI=1S/C15H13N3O/c19-15(11-6-2-1-3-7-11)16-10-14-12-8-4-5-9-13(12)17-18-14/h1-9H,10H2,(H,16,19)(H,17,18). The van der Waals surface area contributed by atoms with Crippen molar-refractivity contribution in [2.24, 2.45) is 0 Å². The highest BCUT2D eigenvalue weighted by atomic mass is 16.1. The summed E-state index contributed by atoms with van der Waals surface area (Å²) in [6.07, 6.45) is 0. The van der Waals surface area contributed by atoms with Crippen LogP contribution in [-0.2, 0) is 6.54 Å². The maximum absolute atomic E-state index is 11.9. The second-order valence-corrected chi connectivity index (χ2v) is 4.27. The van der Waals surface area contributed by atoms with Crippen LogP contribution in [0, 0.1) is 0 Å². The second-order valence-electron chi connectivity index (χ2n) is 4.27. The first-order valence-electron chi connectivity index (χ1n) is 6.10. The summed E-state index contributed by atoms with van der Waals surface area (Å²) in [6, 6.07) is 17.0. The molecule has 0 aliphatic carbocycles. The van der Waals surface area contributed by atoms with E-state index in [1.165, 1.54) is 0 Å². The number of fused-ring (bicyclic) bond motifs is 1. The molecule has 0 fully saturated rings. The Balaban J connectivity index is 1.75. The molecule has 0 aliphatic rings. The molecule has 2 aromatic carbocycles. The van der Waals surface area contributed by atoms with Crippen molar-refractivity contribution in [3.8, 4) is 0 Å². The molecule has 0 bridgehead atoms. The first-order valence-corrected chi connectivity index (χ1v) is 6.10. The molecule has 1 amide bonds. The molecule has 0 saturated heterocycles. The molecule has 0 saturated carbocycles. The lowest BCUT2D eigenvalue weighted by atomic mass is 10.2. The number of aromatic nitrogens is 2. The molecular formula is C15H13N3O. The third kappa shape index (κ3) is 2.33. The number of nitrogens with one attached hydrogen (secondary N) is 2. The van der Waals surface area contributed by atoms with Crippen molar-refractivity contribution >= 4 is 16.8 Å². The maximum Gasteiger partial charge on any atom is 0.251 e.